The number of aromatic nitrogens is 2. The van der Waals surface area contributed by atoms with Crippen molar-refractivity contribution in [2.24, 2.45) is 0 Å². The first-order valence-electron chi connectivity index (χ1n) is 5.23. The third-order valence-corrected chi connectivity index (χ3v) is 3.19. The standard InChI is InChI=1S/C12H14N2OS/c1-7(2)11-13-10(8(3)12(15)14-11)9-4-5-16-6-9/h4-7H,1-3H3,(H,13,14,15). The summed E-state index contributed by atoms with van der Waals surface area (Å²) in [5.41, 5.74) is 2.46. The molecule has 16 heavy (non-hydrogen) atoms. The summed E-state index contributed by atoms with van der Waals surface area (Å²) in [7, 11) is 0. The monoisotopic (exact) mass is 234 g/mol. The van der Waals surface area contributed by atoms with Crippen molar-refractivity contribution in [1.29, 1.82) is 0 Å². The van der Waals surface area contributed by atoms with E-state index >= 15 is 0 Å². The lowest BCUT2D eigenvalue weighted by molar-refractivity contribution is 0.765. The fourth-order valence-electron chi connectivity index (χ4n) is 1.50. The van der Waals surface area contributed by atoms with E-state index in [1.165, 1.54) is 0 Å². The van der Waals surface area contributed by atoms with Crippen LogP contribution in [0.1, 0.15) is 31.2 Å². The predicted molar refractivity (Wildman–Crippen MR) is 67.0 cm³/mol. The summed E-state index contributed by atoms with van der Waals surface area (Å²) < 4.78 is 0. The van der Waals surface area contributed by atoms with Gasteiger partial charge in [0, 0.05) is 22.4 Å². The van der Waals surface area contributed by atoms with Gasteiger partial charge in [0.05, 0.1) is 5.69 Å². The minimum absolute atomic E-state index is 0.0418. The van der Waals surface area contributed by atoms with E-state index in [0.29, 0.717) is 5.56 Å². The van der Waals surface area contributed by atoms with E-state index in [2.05, 4.69) is 9.97 Å². The first-order chi connectivity index (χ1) is 7.59. The van der Waals surface area contributed by atoms with Crippen LogP contribution in [0.4, 0.5) is 0 Å². The van der Waals surface area contributed by atoms with E-state index in [0.717, 1.165) is 17.1 Å². The van der Waals surface area contributed by atoms with Crippen LogP contribution in [0.2, 0.25) is 0 Å². The van der Waals surface area contributed by atoms with E-state index in [-0.39, 0.29) is 11.5 Å². The molecule has 0 bridgehead atoms. The van der Waals surface area contributed by atoms with Gasteiger partial charge in [0.2, 0.25) is 0 Å². The predicted octanol–water partition coefficient (Wildman–Crippen LogP) is 2.93. The van der Waals surface area contributed by atoms with Gasteiger partial charge in [0.25, 0.3) is 5.56 Å². The van der Waals surface area contributed by atoms with Gasteiger partial charge >= 0.3 is 0 Å². The number of thiophene rings is 1. The molecule has 3 nitrogen and oxygen atoms in total. The number of nitrogens with one attached hydrogen (secondary N) is 1. The molecule has 0 aliphatic heterocycles. The largest absolute Gasteiger partial charge is 0.310 e. The van der Waals surface area contributed by atoms with E-state index < -0.39 is 0 Å². The highest BCUT2D eigenvalue weighted by molar-refractivity contribution is 7.08. The number of hydrogen-bond donors (Lipinski definition) is 1. The molecular weight excluding hydrogens is 220 g/mol. The first-order valence-corrected chi connectivity index (χ1v) is 6.17. The van der Waals surface area contributed by atoms with Gasteiger partial charge in [-0.3, -0.25) is 4.79 Å². The molecule has 0 saturated heterocycles. The molecule has 2 heterocycles. The summed E-state index contributed by atoms with van der Waals surface area (Å²) in [6, 6.07) is 1.99. The zero-order valence-corrected chi connectivity index (χ0v) is 10.4. The van der Waals surface area contributed by atoms with Crippen LogP contribution >= 0.6 is 11.3 Å². The highest BCUT2D eigenvalue weighted by atomic mass is 32.1. The summed E-state index contributed by atoms with van der Waals surface area (Å²) >= 11 is 1.61. The van der Waals surface area contributed by atoms with Crippen molar-refractivity contribution >= 4 is 11.3 Å². The van der Waals surface area contributed by atoms with E-state index in [1.54, 1.807) is 11.3 Å². The molecule has 0 spiro atoms. The van der Waals surface area contributed by atoms with Gasteiger partial charge in [-0.2, -0.15) is 11.3 Å². The van der Waals surface area contributed by atoms with Gasteiger partial charge < -0.3 is 4.98 Å². The zero-order chi connectivity index (χ0) is 11.7. The second kappa shape index (κ2) is 4.22. The molecule has 2 aromatic rings. The minimum Gasteiger partial charge on any atom is -0.310 e. The lowest BCUT2D eigenvalue weighted by Gasteiger charge is -2.08. The Morgan fingerprint density at radius 2 is 2.19 bits per heavy atom. The minimum atomic E-state index is -0.0418. The van der Waals surface area contributed by atoms with Crippen LogP contribution in [0.5, 0.6) is 0 Å². The molecule has 0 radical (unpaired) electrons. The van der Waals surface area contributed by atoms with Crippen LogP contribution < -0.4 is 5.56 Å². The molecule has 4 heteroatoms. The van der Waals surface area contributed by atoms with Crippen molar-refractivity contribution in [2.45, 2.75) is 26.7 Å². The Bertz CT molecular complexity index is 541. The summed E-state index contributed by atoms with van der Waals surface area (Å²) in [5.74, 6) is 0.975. The Morgan fingerprint density at radius 3 is 2.75 bits per heavy atom. The van der Waals surface area contributed by atoms with Crippen molar-refractivity contribution in [3.05, 3.63) is 38.6 Å². The van der Waals surface area contributed by atoms with Crippen LogP contribution in [-0.2, 0) is 0 Å². The average molecular weight is 234 g/mol. The Labute approximate surface area is 98.2 Å². The lowest BCUT2D eigenvalue weighted by atomic mass is 10.1. The van der Waals surface area contributed by atoms with Gasteiger partial charge in [0.15, 0.2) is 0 Å². The second-order valence-corrected chi connectivity index (χ2v) is 4.87. The van der Waals surface area contributed by atoms with Gasteiger partial charge in [0.1, 0.15) is 5.82 Å². The zero-order valence-electron chi connectivity index (χ0n) is 9.57. The van der Waals surface area contributed by atoms with Gasteiger partial charge in [-0.15, -0.1) is 0 Å². The van der Waals surface area contributed by atoms with E-state index in [1.807, 2.05) is 37.6 Å². The number of hydrogen-bond acceptors (Lipinski definition) is 3. The summed E-state index contributed by atoms with van der Waals surface area (Å²) in [5, 5.41) is 4.01. The topological polar surface area (TPSA) is 45.8 Å². The lowest BCUT2D eigenvalue weighted by Crippen LogP contribution is -2.16. The van der Waals surface area contributed by atoms with Crippen molar-refractivity contribution < 1.29 is 0 Å². The molecule has 0 aliphatic rings. The summed E-state index contributed by atoms with van der Waals surface area (Å²) in [6.45, 7) is 5.85. The van der Waals surface area contributed by atoms with Crippen molar-refractivity contribution in [2.75, 3.05) is 0 Å². The highest BCUT2D eigenvalue weighted by Crippen LogP contribution is 2.22. The molecule has 0 saturated carbocycles. The average Bonchev–Trinajstić information content (AvgIpc) is 2.74. The number of H-pyrrole nitrogens is 1. The molecule has 0 amide bonds. The third-order valence-electron chi connectivity index (χ3n) is 2.51. The number of rotatable bonds is 2. The van der Waals surface area contributed by atoms with Crippen LogP contribution in [-0.4, -0.2) is 9.97 Å². The highest BCUT2D eigenvalue weighted by Gasteiger charge is 2.11. The molecule has 0 atom stereocenters. The second-order valence-electron chi connectivity index (χ2n) is 4.09. The Kier molecular flexibility index (Phi) is 2.92. The fraction of sp³-hybridized carbons (Fsp3) is 0.333. The molecule has 0 fully saturated rings. The molecular formula is C12H14N2OS. The van der Waals surface area contributed by atoms with Crippen LogP contribution in [0.15, 0.2) is 21.6 Å². The first kappa shape index (κ1) is 11.1. The van der Waals surface area contributed by atoms with E-state index in [9.17, 15) is 4.79 Å². The van der Waals surface area contributed by atoms with Crippen molar-refractivity contribution in [3.63, 3.8) is 0 Å². The Morgan fingerprint density at radius 1 is 1.44 bits per heavy atom. The molecule has 2 rings (SSSR count). The van der Waals surface area contributed by atoms with Crippen LogP contribution in [0, 0.1) is 6.92 Å². The maximum absolute atomic E-state index is 11.8. The molecule has 0 aliphatic carbocycles. The Balaban J connectivity index is 2.65. The van der Waals surface area contributed by atoms with Gasteiger partial charge in [-0.25, -0.2) is 4.98 Å². The van der Waals surface area contributed by atoms with Crippen molar-refractivity contribution in [1.82, 2.24) is 9.97 Å². The molecule has 0 unspecified atom stereocenters. The van der Waals surface area contributed by atoms with E-state index in [4.69, 9.17) is 0 Å². The SMILES string of the molecule is Cc1c(-c2ccsc2)nc(C(C)C)[nH]c1=O. The van der Waals surface area contributed by atoms with Crippen LogP contribution in [0.25, 0.3) is 11.3 Å². The molecule has 1 N–H and O–H groups in total. The quantitative estimate of drug-likeness (QED) is 0.868. The maximum atomic E-state index is 11.8. The molecule has 84 valence electrons. The smallest absolute Gasteiger partial charge is 0.254 e. The maximum Gasteiger partial charge on any atom is 0.254 e. The number of aromatic amines is 1. The fourth-order valence-corrected chi connectivity index (χ4v) is 2.14. The normalized spacial score (nSPS) is 11.0. The summed E-state index contributed by atoms with van der Waals surface area (Å²) in [6.07, 6.45) is 0. The number of nitrogens with zero attached hydrogens (tertiary/aromatic N) is 1. The Hall–Kier alpha value is -1.42. The molecule has 2 aromatic heterocycles. The molecule has 0 aromatic carbocycles. The summed E-state index contributed by atoms with van der Waals surface area (Å²) in [4.78, 5) is 19.1. The van der Waals surface area contributed by atoms with Crippen LogP contribution in [0.3, 0.4) is 0 Å². The van der Waals surface area contributed by atoms with Gasteiger partial charge in [-0.1, -0.05) is 13.8 Å². The van der Waals surface area contributed by atoms with Crippen molar-refractivity contribution in [3.8, 4) is 11.3 Å². The third kappa shape index (κ3) is 1.93. The van der Waals surface area contributed by atoms with Gasteiger partial charge in [-0.05, 0) is 18.4 Å².